The topological polar surface area (TPSA) is 20.2 Å². The van der Waals surface area contributed by atoms with Crippen molar-refractivity contribution >= 4 is 6.98 Å². The zero-order valence-corrected chi connectivity index (χ0v) is 8.85. The standard InChI is InChI=1S/C4H7BF3O.K/c6-5(7,8)3-1-2-4-9;/h1,3,9H,2,4H2;/q-1;+1/b3-1+;. The van der Waals surface area contributed by atoms with Gasteiger partial charge in [0.1, 0.15) is 0 Å². The van der Waals surface area contributed by atoms with E-state index in [0.29, 0.717) is 0 Å². The molecule has 10 heavy (non-hydrogen) atoms. The molecule has 1 nitrogen and oxygen atoms in total. The Kier molecular flexibility index (Phi) is 9.46. The zero-order valence-electron chi connectivity index (χ0n) is 5.73. The van der Waals surface area contributed by atoms with Crippen LogP contribution in [0.1, 0.15) is 6.42 Å². The van der Waals surface area contributed by atoms with Crippen LogP contribution >= 0.6 is 0 Å². The van der Waals surface area contributed by atoms with Crippen LogP contribution in [-0.2, 0) is 0 Å². The van der Waals surface area contributed by atoms with Gasteiger partial charge in [-0.2, -0.15) is 0 Å². The van der Waals surface area contributed by atoms with E-state index in [1.165, 1.54) is 0 Å². The molecule has 0 aliphatic rings. The molecule has 0 amide bonds. The second-order valence-corrected chi connectivity index (χ2v) is 1.57. The van der Waals surface area contributed by atoms with E-state index in [1.807, 2.05) is 0 Å². The SMILES string of the molecule is OCC/C=C/[B-](F)(F)F.[K+]. The molecule has 1 N–H and O–H groups in total. The van der Waals surface area contributed by atoms with Crippen LogP contribution in [0.5, 0.6) is 0 Å². The molecule has 0 unspecified atom stereocenters. The molecule has 0 saturated carbocycles. The first-order valence-electron chi connectivity index (χ1n) is 2.55. The Labute approximate surface area is 100 Å². The van der Waals surface area contributed by atoms with Crippen molar-refractivity contribution in [1.82, 2.24) is 0 Å². The van der Waals surface area contributed by atoms with E-state index >= 15 is 0 Å². The first-order chi connectivity index (χ1) is 4.06. The Hall–Kier alpha value is 1.19. The van der Waals surface area contributed by atoms with E-state index in [4.69, 9.17) is 5.11 Å². The van der Waals surface area contributed by atoms with Crippen LogP contribution in [0.4, 0.5) is 12.9 Å². The largest absolute Gasteiger partial charge is 1.00 e. The van der Waals surface area contributed by atoms with Gasteiger partial charge in [0.25, 0.3) is 0 Å². The van der Waals surface area contributed by atoms with Gasteiger partial charge in [-0.05, 0) is 6.42 Å². The Balaban J connectivity index is 0. The summed E-state index contributed by atoms with van der Waals surface area (Å²) >= 11 is 0. The summed E-state index contributed by atoms with van der Waals surface area (Å²) in [4.78, 5) is 0. The minimum absolute atomic E-state index is 0. The summed E-state index contributed by atoms with van der Waals surface area (Å²) in [5, 5.41) is 8.05. The molecule has 0 aromatic heterocycles. The van der Waals surface area contributed by atoms with Gasteiger partial charge in [0.15, 0.2) is 0 Å². The second kappa shape index (κ2) is 6.87. The number of halogens is 3. The van der Waals surface area contributed by atoms with Gasteiger partial charge in [0, 0.05) is 6.61 Å². The molecular weight excluding hydrogens is 171 g/mol. The van der Waals surface area contributed by atoms with Crippen LogP contribution in [0.2, 0.25) is 0 Å². The van der Waals surface area contributed by atoms with Crippen LogP contribution in [-0.4, -0.2) is 18.7 Å². The van der Waals surface area contributed by atoms with Crippen molar-refractivity contribution < 1.29 is 69.4 Å². The summed E-state index contributed by atoms with van der Waals surface area (Å²) < 4.78 is 33.8. The van der Waals surface area contributed by atoms with Gasteiger partial charge in [0.2, 0.25) is 0 Å². The average molecular weight is 178 g/mol. The summed E-state index contributed by atoms with van der Waals surface area (Å²) in [5.41, 5.74) is 0. The van der Waals surface area contributed by atoms with Gasteiger partial charge >= 0.3 is 58.4 Å². The molecule has 0 aliphatic heterocycles. The van der Waals surface area contributed by atoms with Gasteiger partial charge in [-0.1, -0.05) is 0 Å². The predicted molar refractivity (Wildman–Crippen MR) is 29.9 cm³/mol. The van der Waals surface area contributed by atoms with Crippen LogP contribution in [0, 0.1) is 0 Å². The molecule has 0 atom stereocenters. The monoisotopic (exact) mass is 178 g/mol. The average Bonchev–Trinajstić information content (AvgIpc) is 1.63. The maximum atomic E-state index is 11.3. The molecule has 0 radical (unpaired) electrons. The fourth-order valence-electron chi connectivity index (χ4n) is 0.325. The van der Waals surface area contributed by atoms with Crippen molar-refractivity contribution in [3.8, 4) is 0 Å². The summed E-state index contributed by atoms with van der Waals surface area (Å²) in [6.45, 7) is -5.03. The first-order valence-corrected chi connectivity index (χ1v) is 2.55. The van der Waals surface area contributed by atoms with Crippen molar-refractivity contribution in [2.75, 3.05) is 6.61 Å². The van der Waals surface area contributed by atoms with Crippen LogP contribution in [0.15, 0.2) is 12.1 Å². The quantitative estimate of drug-likeness (QED) is 0.511. The maximum Gasteiger partial charge on any atom is 1.00 e. The maximum absolute atomic E-state index is 11.3. The fraction of sp³-hybridized carbons (Fsp3) is 0.500. The van der Waals surface area contributed by atoms with Crippen molar-refractivity contribution in [3.05, 3.63) is 12.1 Å². The second-order valence-electron chi connectivity index (χ2n) is 1.57. The summed E-state index contributed by atoms with van der Waals surface area (Å²) in [7, 11) is 0. The molecule has 0 spiro atoms. The Morgan fingerprint density at radius 2 is 1.80 bits per heavy atom. The molecular formula is C4H7BF3KO. The van der Waals surface area contributed by atoms with Gasteiger partial charge < -0.3 is 18.1 Å². The fourth-order valence-corrected chi connectivity index (χ4v) is 0.325. The molecule has 0 heterocycles. The summed E-state index contributed by atoms with van der Waals surface area (Å²) in [5.74, 6) is 0.177. The van der Waals surface area contributed by atoms with Crippen LogP contribution in [0.3, 0.4) is 0 Å². The Bertz CT molecular complexity index is 103. The molecule has 0 bridgehead atoms. The third-order valence-electron chi connectivity index (χ3n) is 0.650. The van der Waals surface area contributed by atoms with Gasteiger partial charge in [-0.15, -0.1) is 12.1 Å². The van der Waals surface area contributed by atoms with E-state index in [9.17, 15) is 12.9 Å². The Morgan fingerprint density at radius 3 is 2.10 bits per heavy atom. The Morgan fingerprint density at radius 1 is 1.30 bits per heavy atom. The zero-order chi connectivity index (χ0) is 7.33. The third kappa shape index (κ3) is 11.9. The molecule has 0 aliphatic carbocycles. The third-order valence-corrected chi connectivity index (χ3v) is 0.650. The molecule has 0 rings (SSSR count). The van der Waals surface area contributed by atoms with Gasteiger partial charge in [-0.25, -0.2) is 0 Å². The van der Waals surface area contributed by atoms with Gasteiger partial charge in [0.05, 0.1) is 0 Å². The number of aliphatic hydroxyl groups is 1. The molecule has 54 valence electrons. The van der Waals surface area contributed by atoms with Gasteiger partial charge in [-0.3, -0.25) is 0 Å². The van der Waals surface area contributed by atoms with Crippen LogP contribution in [0.25, 0.3) is 0 Å². The smallest absolute Gasteiger partial charge is 0.445 e. The number of aliphatic hydroxyl groups excluding tert-OH is 1. The minimum Gasteiger partial charge on any atom is -0.445 e. The van der Waals surface area contributed by atoms with Crippen molar-refractivity contribution in [1.29, 1.82) is 0 Å². The minimum atomic E-state index is -4.80. The summed E-state index contributed by atoms with van der Waals surface area (Å²) in [6, 6.07) is 0. The number of hydrogen-bond acceptors (Lipinski definition) is 1. The molecule has 0 fully saturated rings. The van der Waals surface area contributed by atoms with E-state index in [1.54, 1.807) is 0 Å². The van der Waals surface area contributed by atoms with E-state index in [0.717, 1.165) is 6.08 Å². The summed E-state index contributed by atoms with van der Waals surface area (Å²) in [6.07, 6.45) is 0.987. The van der Waals surface area contributed by atoms with Crippen molar-refractivity contribution in [3.63, 3.8) is 0 Å². The first kappa shape index (κ1) is 13.8. The predicted octanol–water partition coefficient (Wildman–Crippen LogP) is -1.68. The molecule has 6 heteroatoms. The molecule has 0 aromatic carbocycles. The molecule has 0 saturated heterocycles. The van der Waals surface area contributed by atoms with E-state index < -0.39 is 6.98 Å². The molecule has 0 aromatic rings. The van der Waals surface area contributed by atoms with Crippen molar-refractivity contribution in [2.45, 2.75) is 6.42 Å². The number of rotatable bonds is 3. The van der Waals surface area contributed by atoms with E-state index in [-0.39, 0.29) is 70.4 Å². The number of hydrogen-bond donors (Lipinski definition) is 1. The normalized spacial score (nSPS) is 11.6. The van der Waals surface area contributed by atoms with Crippen LogP contribution < -0.4 is 51.4 Å². The van der Waals surface area contributed by atoms with E-state index in [2.05, 4.69) is 0 Å². The van der Waals surface area contributed by atoms with Crippen molar-refractivity contribution in [2.24, 2.45) is 0 Å².